The van der Waals surface area contributed by atoms with Gasteiger partial charge in [0.2, 0.25) is 0 Å². The highest BCUT2D eigenvalue weighted by Crippen LogP contribution is 2.24. The number of furan rings is 1. The summed E-state index contributed by atoms with van der Waals surface area (Å²) in [5, 5.41) is 9.02. The first kappa shape index (κ1) is 19.4. The summed E-state index contributed by atoms with van der Waals surface area (Å²) >= 11 is 1.38. The number of ether oxygens (including phenoxy) is 1. The SMILES string of the molecule is COCCCn1c(C)cc(C(=O)CSc2nnc(-c3ccco3)n2C)c1C. The van der Waals surface area contributed by atoms with E-state index in [2.05, 4.69) is 14.8 Å². The molecule has 3 aromatic heterocycles. The Bertz CT molecular complexity index is 912. The Morgan fingerprint density at radius 3 is 2.85 bits per heavy atom. The number of aromatic nitrogens is 4. The molecular formula is C19H24N4O3S. The summed E-state index contributed by atoms with van der Waals surface area (Å²) in [6.07, 6.45) is 2.52. The van der Waals surface area contributed by atoms with Gasteiger partial charge in [-0.05, 0) is 38.5 Å². The van der Waals surface area contributed by atoms with Gasteiger partial charge < -0.3 is 18.3 Å². The van der Waals surface area contributed by atoms with Crippen LogP contribution in [0.4, 0.5) is 0 Å². The smallest absolute Gasteiger partial charge is 0.200 e. The van der Waals surface area contributed by atoms with Gasteiger partial charge >= 0.3 is 0 Å². The molecule has 0 fully saturated rings. The first-order valence-corrected chi connectivity index (χ1v) is 9.76. The number of carbonyl (C=O) groups excluding carboxylic acids is 1. The molecule has 0 radical (unpaired) electrons. The molecule has 0 spiro atoms. The minimum atomic E-state index is 0.0913. The van der Waals surface area contributed by atoms with E-state index in [1.165, 1.54) is 11.8 Å². The number of carbonyl (C=O) groups is 1. The van der Waals surface area contributed by atoms with Crippen LogP contribution in [-0.2, 0) is 18.3 Å². The second-order valence-electron chi connectivity index (χ2n) is 6.34. The molecule has 0 saturated heterocycles. The molecule has 0 aliphatic carbocycles. The van der Waals surface area contributed by atoms with Crippen LogP contribution in [0.2, 0.25) is 0 Å². The first-order valence-electron chi connectivity index (χ1n) is 8.78. The van der Waals surface area contributed by atoms with Crippen LogP contribution >= 0.6 is 11.8 Å². The van der Waals surface area contributed by atoms with Crippen molar-refractivity contribution in [3.63, 3.8) is 0 Å². The largest absolute Gasteiger partial charge is 0.461 e. The predicted octanol–water partition coefficient (Wildman–Crippen LogP) is 3.50. The van der Waals surface area contributed by atoms with Crippen molar-refractivity contribution in [1.29, 1.82) is 0 Å². The van der Waals surface area contributed by atoms with Gasteiger partial charge in [-0.15, -0.1) is 10.2 Å². The van der Waals surface area contributed by atoms with Gasteiger partial charge in [-0.1, -0.05) is 11.8 Å². The standard InChI is InChI=1S/C19H24N4O3S/c1-13-11-15(14(2)23(13)8-6-9-25-4)16(24)12-27-19-21-20-18(22(19)3)17-7-5-10-26-17/h5,7,10-11H,6,8-9,12H2,1-4H3. The van der Waals surface area contributed by atoms with E-state index in [9.17, 15) is 4.79 Å². The number of thioether (sulfide) groups is 1. The van der Waals surface area contributed by atoms with Crippen molar-refractivity contribution in [2.24, 2.45) is 7.05 Å². The van der Waals surface area contributed by atoms with Gasteiger partial charge in [-0.25, -0.2) is 0 Å². The van der Waals surface area contributed by atoms with Crippen molar-refractivity contribution < 1.29 is 13.9 Å². The number of methoxy groups -OCH3 is 1. The van der Waals surface area contributed by atoms with Crippen molar-refractivity contribution in [3.8, 4) is 11.6 Å². The third-order valence-corrected chi connectivity index (χ3v) is 5.53. The van der Waals surface area contributed by atoms with Crippen molar-refractivity contribution in [3.05, 3.63) is 41.4 Å². The normalized spacial score (nSPS) is 11.3. The molecule has 3 aromatic rings. The molecule has 0 aliphatic rings. The number of nitrogens with zero attached hydrogens (tertiary/aromatic N) is 4. The molecule has 0 amide bonds. The van der Waals surface area contributed by atoms with E-state index < -0.39 is 0 Å². The van der Waals surface area contributed by atoms with E-state index in [0.29, 0.717) is 29.1 Å². The van der Waals surface area contributed by atoms with Crippen molar-refractivity contribution >= 4 is 17.5 Å². The quantitative estimate of drug-likeness (QED) is 0.317. The average Bonchev–Trinajstić information content (AvgIpc) is 3.35. The second kappa shape index (κ2) is 8.58. The fourth-order valence-corrected chi connectivity index (χ4v) is 3.86. The van der Waals surface area contributed by atoms with Crippen LogP contribution in [0, 0.1) is 13.8 Å². The van der Waals surface area contributed by atoms with Gasteiger partial charge in [0.1, 0.15) is 0 Å². The fraction of sp³-hybridized carbons (Fsp3) is 0.421. The number of hydrogen-bond acceptors (Lipinski definition) is 6. The summed E-state index contributed by atoms with van der Waals surface area (Å²) in [4.78, 5) is 12.7. The zero-order valence-electron chi connectivity index (χ0n) is 16.1. The van der Waals surface area contributed by atoms with Crippen molar-refractivity contribution in [1.82, 2.24) is 19.3 Å². The van der Waals surface area contributed by atoms with E-state index >= 15 is 0 Å². The Kier molecular flexibility index (Phi) is 6.18. The monoisotopic (exact) mass is 388 g/mol. The van der Waals surface area contributed by atoms with E-state index in [1.807, 2.05) is 43.7 Å². The summed E-state index contributed by atoms with van der Waals surface area (Å²) in [5.74, 6) is 1.70. The number of ketones is 1. The lowest BCUT2D eigenvalue weighted by Gasteiger charge is -2.09. The van der Waals surface area contributed by atoms with E-state index in [4.69, 9.17) is 9.15 Å². The Labute approximate surface area is 162 Å². The van der Waals surface area contributed by atoms with Crippen molar-refractivity contribution in [2.75, 3.05) is 19.5 Å². The zero-order valence-corrected chi connectivity index (χ0v) is 16.9. The zero-order chi connectivity index (χ0) is 19.4. The third-order valence-electron chi connectivity index (χ3n) is 4.51. The predicted molar refractivity (Wildman–Crippen MR) is 104 cm³/mol. The summed E-state index contributed by atoms with van der Waals surface area (Å²) in [6, 6.07) is 5.61. The highest BCUT2D eigenvalue weighted by Gasteiger charge is 2.18. The Morgan fingerprint density at radius 1 is 1.33 bits per heavy atom. The summed E-state index contributed by atoms with van der Waals surface area (Å²) in [6.45, 7) is 5.58. The maximum absolute atomic E-state index is 12.7. The number of Topliss-reactive ketones (excluding diaryl/α,β-unsaturated/α-hetero) is 1. The Balaban J connectivity index is 1.67. The lowest BCUT2D eigenvalue weighted by molar-refractivity contribution is 0.102. The van der Waals surface area contributed by atoms with Gasteiger partial charge in [-0.3, -0.25) is 4.79 Å². The molecule has 27 heavy (non-hydrogen) atoms. The molecule has 0 aromatic carbocycles. The molecule has 144 valence electrons. The van der Waals surface area contributed by atoms with Gasteiger partial charge in [0.15, 0.2) is 22.5 Å². The van der Waals surface area contributed by atoms with Crippen LogP contribution in [0.15, 0.2) is 34.0 Å². The van der Waals surface area contributed by atoms with Crippen LogP contribution in [0.3, 0.4) is 0 Å². The highest BCUT2D eigenvalue weighted by molar-refractivity contribution is 7.99. The van der Waals surface area contributed by atoms with Gasteiger partial charge in [0, 0.05) is 44.3 Å². The average molecular weight is 388 g/mol. The molecule has 3 rings (SSSR count). The molecule has 7 nitrogen and oxygen atoms in total. The summed E-state index contributed by atoms with van der Waals surface area (Å²) < 4.78 is 14.5. The molecule has 0 saturated carbocycles. The second-order valence-corrected chi connectivity index (χ2v) is 7.28. The molecule has 0 aliphatic heterocycles. The number of rotatable bonds is 9. The Hall–Kier alpha value is -2.32. The lowest BCUT2D eigenvalue weighted by Crippen LogP contribution is -2.08. The lowest BCUT2D eigenvalue weighted by atomic mass is 10.2. The summed E-state index contributed by atoms with van der Waals surface area (Å²) in [5.41, 5.74) is 2.87. The topological polar surface area (TPSA) is 75.1 Å². The molecule has 0 bridgehead atoms. The maximum Gasteiger partial charge on any atom is 0.200 e. The molecule has 0 atom stereocenters. The van der Waals surface area contributed by atoms with Gasteiger partial charge in [-0.2, -0.15) is 0 Å². The molecule has 8 heteroatoms. The minimum Gasteiger partial charge on any atom is -0.461 e. The van der Waals surface area contributed by atoms with E-state index in [-0.39, 0.29) is 5.78 Å². The highest BCUT2D eigenvalue weighted by atomic mass is 32.2. The van der Waals surface area contributed by atoms with Crippen LogP contribution in [0.1, 0.15) is 28.2 Å². The first-order chi connectivity index (χ1) is 13.0. The van der Waals surface area contributed by atoms with Crippen LogP contribution in [0.5, 0.6) is 0 Å². The van der Waals surface area contributed by atoms with E-state index in [0.717, 1.165) is 29.9 Å². The van der Waals surface area contributed by atoms with E-state index in [1.54, 1.807) is 13.4 Å². The van der Waals surface area contributed by atoms with Gasteiger partial charge in [0.25, 0.3) is 0 Å². The van der Waals surface area contributed by atoms with Crippen LogP contribution in [0.25, 0.3) is 11.6 Å². The third kappa shape index (κ3) is 4.17. The maximum atomic E-state index is 12.7. The van der Waals surface area contributed by atoms with Crippen LogP contribution in [-0.4, -0.2) is 44.6 Å². The summed E-state index contributed by atoms with van der Waals surface area (Å²) in [7, 11) is 3.57. The number of hydrogen-bond donors (Lipinski definition) is 0. The Morgan fingerprint density at radius 2 is 2.15 bits per heavy atom. The van der Waals surface area contributed by atoms with Gasteiger partial charge in [0.05, 0.1) is 12.0 Å². The molecule has 0 N–H and O–H groups in total. The number of aryl methyl sites for hydroxylation is 1. The van der Waals surface area contributed by atoms with Crippen LogP contribution < -0.4 is 0 Å². The van der Waals surface area contributed by atoms with Crippen molar-refractivity contribution in [2.45, 2.75) is 32.0 Å². The molecular weight excluding hydrogens is 364 g/mol. The fourth-order valence-electron chi connectivity index (χ4n) is 3.06. The molecule has 0 unspecified atom stereocenters. The minimum absolute atomic E-state index is 0.0913. The molecule has 3 heterocycles.